The van der Waals surface area contributed by atoms with Crippen molar-refractivity contribution >= 4 is 6.03 Å². The predicted molar refractivity (Wildman–Crippen MR) is 77.0 cm³/mol. The van der Waals surface area contributed by atoms with E-state index in [2.05, 4.69) is 18.3 Å². The first kappa shape index (κ1) is 16.0. The highest BCUT2D eigenvalue weighted by Gasteiger charge is 2.11. The Labute approximate surface area is 119 Å². The molecule has 0 fully saturated rings. The van der Waals surface area contributed by atoms with Crippen LogP contribution >= 0.6 is 0 Å². The van der Waals surface area contributed by atoms with Gasteiger partial charge in [0.05, 0.1) is 18.2 Å². The predicted octanol–water partition coefficient (Wildman–Crippen LogP) is 1.86. The van der Waals surface area contributed by atoms with Crippen LogP contribution in [0, 0.1) is 11.3 Å². The van der Waals surface area contributed by atoms with E-state index in [1.165, 1.54) is 0 Å². The van der Waals surface area contributed by atoms with E-state index in [0.29, 0.717) is 25.2 Å². The van der Waals surface area contributed by atoms with Crippen LogP contribution in [0.3, 0.4) is 0 Å². The van der Waals surface area contributed by atoms with Crippen molar-refractivity contribution in [3.63, 3.8) is 0 Å². The van der Waals surface area contributed by atoms with Gasteiger partial charge in [0.1, 0.15) is 0 Å². The second-order valence-corrected chi connectivity index (χ2v) is 4.54. The molecule has 0 saturated heterocycles. The van der Waals surface area contributed by atoms with Crippen molar-refractivity contribution in [2.45, 2.75) is 26.3 Å². The molecule has 0 spiro atoms. The van der Waals surface area contributed by atoms with Gasteiger partial charge in [-0.25, -0.2) is 4.79 Å². The van der Waals surface area contributed by atoms with Crippen molar-refractivity contribution < 1.29 is 9.90 Å². The van der Waals surface area contributed by atoms with Crippen LogP contribution in [0.1, 0.15) is 30.9 Å². The fraction of sp³-hybridized carbons (Fsp3) is 0.467. The van der Waals surface area contributed by atoms with Crippen LogP contribution in [0.2, 0.25) is 0 Å². The molecule has 20 heavy (non-hydrogen) atoms. The summed E-state index contributed by atoms with van der Waals surface area (Å²) >= 11 is 0. The van der Waals surface area contributed by atoms with Crippen LogP contribution in [0.15, 0.2) is 24.3 Å². The standard InChI is InChI=1S/C15H21N3O2/c1-2-3-7-18(8-9-19)15(20)17-12-14-6-4-5-13(10-14)11-16/h4-6,10,19H,2-3,7-9,12H2,1H3,(H,17,20). The number of aliphatic hydroxyl groups is 1. The highest BCUT2D eigenvalue weighted by molar-refractivity contribution is 5.74. The molecule has 5 heteroatoms. The van der Waals surface area contributed by atoms with Crippen molar-refractivity contribution in [1.82, 2.24) is 10.2 Å². The number of carbonyl (C=O) groups excluding carboxylic acids is 1. The molecule has 0 atom stereocenters. The number of urea groups is 1. The van der Waals surface area contributed by atoms with Gasteiger partial charge in [-0.2, -0.15) is 5.26 Å². The van der Waals surface area contributed by atoms with Crippen LogP contribution in [-0.4, -0.2) is 35.7 Å². The lowest BCUT2D eigenvalue weighted by Gasteiger charge is -2.22. The maximum atomic E-state index is 12.0. The fourth-order valence-electron chi connectivity index (χ4n) is 1.82. The van der Waals surface area contributed by atoms with Gasteiger partial charge in [-0.1, -0.05) is 25.5 Å². The van der Waals surface area contributed by atoms with Gasteiger partial charge < -0.3 is 15.3 Å². The average molecular weight is 275 g/mol. The summed E-state index contributed by atoms with van der Waals surface area (Å²) in [4.78, 5) is 13.6. The third-order valence-corrected chi connectivity index (χ3v) is 2.94. The zero-order valence-electron chi connectivity index (χ0n) is 11.8. The Morgan fingerprint density at radius 2 is 2.25 bits per heavy atom. The van der Waals surface area contributed by atoms with E-state index in [4.69, 9.17) is 10.4 Å². The zero-order chi connectivity index (χ0) is 14.8. The van der Waals surface area contributed by atoms with Gasteiger partial charge >= 0.3 is 6.03 Å². The summed E-state index contributed by atoms with van der Waals surface area (Å²) in [6, 6.07) is 9.02. The summed E-state index contributed by atoms with van der Waals surface area (Å²) in [6.07, 6.45) is 1.91. The van der Waals surface area contributed by atoms with E-state index in [1.807, 2.05) is 6.07 Å². The van der Waals surface area contributed by atoms with E-state index in [0.717, 1.165) is 18.4 Å². The zero-order valence-corrected chi connectivity index (χ0v) is 11.8. The van der Waals surface area contributed by atoms with Crippen molar-refractivity contribution in [2.24, 2.45) is 0 Å². The lowest BCUT2D eigenvalue weighted by atomic mass is 10.1. The lowest BCUT2D eigenvalue weighted by molar-refractivity contribution is 0.176. The third kappa shape index (κ3) is 5.29. The van der Waals surface area contributed by atoms with Crippen LogP contribution in [0.25, 0.3) is 0 Å². The van der Waals surface area contributed by atoms with Crippen molar-refractivity contribution in [2.75, 3.05) is 19.7 Å². The molecule has 0 aliphatic carbocycles. The summed E-state index contributed by atoms with van der Waals surface area (Å²) in [5.41, 5.74) is 1.46. The van der Waals surface area contributed by atoms with Crippen molar-refractivity contribution in [1.29, 1.82) is 5.26 Å². The molecule has 1 aromatic rings. The van der Waals surface area contributed by atoms with Gasteiger partial charge in [-0.3, -0.25) is 0 Å². The van der Waals surface area contributed by atoms with E-state index in [-0.39, 0.29) is 12.6 Å². The lowest BCUT2D eigenvalue weighted by Crippen LogP contribution is -2.41. The Morgan fingerprint density at radius 3 is 2.90 bits per heavy atom. The van der Waals surface area contributed by atoms with E-state index in [1.54, 1.807) is 23.1 Å². The first-order chi connectivity index (χ1) is 9.71. The number of nitrogens with one attached hydrogen (secondary N) is 1. The molecule has 1 aromatic carbocycles. The molecule has 0 aromatic heterocycles. The number of rotatable bonds is 7. The number of carbonyl (C=O) groups is 1. The molecule has 2 N–H and O–H groups in total. The normalized spacial score (nSPS) is 9.85. The number of hydrogen-bond acceptors (Lipinski definition) is 3. The van der Waals surface area contributed by atoms with E-state index in [9.17, 15) is 4.79 Å². The summed E-state index contributed by atoms with van der Waals surface area (Å²) in [5, 5.41) is 20.6. The number of hydrogen-bond donors (Lipinski definition) is 2. The van der Waals surface area contributed by atoms with Gasteiger partial charge in [0.15, 0.2) is 0 Å². The molecule has 0 heterocycles. The first-order valence-electron chi connectivity index (χ1n) is 6.84. The second kappa shape index (κ2) is 8.94. The number of amides is 2. The van der Waals surface area contributed by atoms with Gasteiger partial charge in [-0.05, 0) is 24.1 Å². The SMILES string of the molecule is CCCCN(CCO)C(=O)NCc1cccc(C#N)c1. The number of aliphatic hydroxyl groups excluding tert-OH is 1. The monoisotopic (exact) mass is 275 g/mol. The van der Waals surface area contributed by atoms with Crippen LogP contribution in [0.4, 0.5) is 4.79 Å². The van der Waals surface area contributed by atoms with E-state index >= 15 is 0 Å². The average Bonchev–Trinajstić information content (AvgIpc) is 2.49. The molecule has 0 aliphatic rings. The fourth-order valence-corrected chi connectivity index (χ4v) is 1.82. The minimum Gasteiger partial charge on any atom is -0.395 e. The van der Waals surface area contributed by atoms with Crippen LogP contribution in [-0.2, 0) is 6.54 Å². The summed E-state index contributed by atoms with van der Waals surface area (Å²) in [7, 11) is 0. The minimum absolute atomic E-state index is 0.0406. The largest absolute Gasteiger partial charge is 0.395 e. The van der Waals surface area contributed by atoms with Gasteiger partial charge in [0.2, 0.25) is 0 Å². The Hall–Kier alpha value is -2.06. The minimum atomic E-state index is -0.185. The summed E-state index contributed by atoms with van der Waals surface area (Å²) in [6.45, 7) is 3.37. The Balaban J connectivity index is 2.53. The molecular weight excluding hydrogens is 254 g/mol. The highest BCUT2D eigenvalue weighted by atomic mass is 16.3. The molecule has 2 amide bonds. The number of nitriles is 1. The molecule has 0 saturated carbocycles. The van der Waals surface area contributed by atoms with Gasteiger partial charge in [-0.15, -0.1) is 0 Å². The Bertz CT molecular complexity index is 468. The second-order valence-electron chi connectivity index (χ2n) is 4.54. The molecule has 0 unspecified atom stereocenters. The summed E-state index contributed by atoms with van der Waals surface area (Å²) < 4.78 is 0. The topological polar surface area (TPSA) is 76.4 Å². The maximum Gasteiger partial charge on any atom is 0.317 e. The molecule has 5 nitrogen and oxygen atoms in total. The number of benzene rings is 1. The van der Waals surface area contributed by atoms with Crippen LogP contribution < -0.4 is 5.32 Å². The molecule has 0 aliphatic heterocycles. The van der Waals surface area contributed by atoms with Gasteiger partial charge in [0, 0.05) is 19.6 Å². The van der Waals surface area contributed by atoms with Gasteiger partial charge in [0.25, 0.3) is 0 Å². The molecule has 108 valence electrons. The molecular formula is C15H21N3O2. The maximum absolute atomic E-state index is 12.0. The number of nitrogens with zero attached hydrogens (tertiary/aromatic N) is 2. The van der Waals surface area contributed by atoms with Crippen molar-refractivity contribution in [3.8, 4) is 6.07 Å². The quantitative estimate of drug-likeness (QED) is 0.797. The number of unbranched alkanes of at least 4 members (excludes halogenated alkanes) is 1. The Kier molecular flexibility index (Phi) is 7.15. The van der Waals surface area contributed by atoms with Crippen LogP contribution in [0.5, 0.6) is 0 Å². The molecule has 0 bridgehead atoms. The first-order valence-corrected chi connectivity index (χ1v) is 6.84. The smallest absolute Gasteiger partial charge is 0.317 e. The molecule has 1 rings (SSSR count). The third-order valence-electron chi connectivity index (χ3n) is 2.94. The highest BCUT2D eigenvalue weighted by Crippen LogP contribution is 2.04. The Morgan fingerprint density at radius 1 is 1.45 bits per heavy atom. The molecule has 0 radical (unpaired) electrons. The summed E-state index contributed by atoms with van der Waals surface area (Å²) in [5.74, 6) is 0. The van der Waals surface area contributed by atoms with E-state index < -0.39 is 0 Å². The van der Waals surface area contributed by atoms with Crippen molar-refractivity contribution in [3.05, 3.63) is 35.4 Å².